The van der Waals surface area contributed by atoms with Gasteiger partial charge in [0, 0.05) is 30.0 Å². The van der Waals surface area contributed by atoms with Crippen molar-refractivity contribution in [3.63, 3.8) is 0 Å². The van der Waals surface area contributed by atoms with Gasteiger partial charge in [0.2, 0.25) is 0 Å². The smallest absolute Gasteiger partial charge is 0.396 e. The van der Waals surface area contributed by atoms with Gasteiger partial charge in [-0.05, 0) is 48.8 Å². The van der Waals surface area contributed by atoms with E-state index < -0.39 is 5.51 Å². The Labute approximate surface area is 127 Å². The Balaban J connectivity index is 1.94. The van der Waals surface area contributed by atoms with Gasteiger partial charge in [-0.2, -0.15) is 13.2 Å². The summed E-state index contributed by atoms with van der Waals surface area (Å²) < 4.78 is 36.8. The SMILES string of the molecule is CC1(CO)CCCN(Cc2ccc(SC(F)(F)F)cc2)C1. The fourth-order valence-electron chi connectivity index (χ4n) is 2.75. The number of alkyl halides is 3. The van der Waals surface area contributed by atoms with Crippen LogP contribution in [0, 0.1) is 5.41 Å². The van der Waals surface area contributed by atoms with E-state index in [-0.39, 0.29) is 28.7 Å². The molecule has 0 saturated carbocycles. The van der Waals surface area contributed by atoms with Crippen molar-refractivity contribution in [3.05, 3.63) is 29.8 Å². The van der Waals surface area contributed by atoms with Crippen LogP contribution in [-0.4, -0.2) is 35.2 Å². The highest BCUT2D eigenvalue weighted by Gasteiger charge is 2.31. The van der Waals surface area contributed by atoms with E-state index in [2.05, 4.69) is 11.8 Å². The maximum absolute atomic E-state index is 12.3. The summed E-state index contributed by atoms with van der Waals surface area (Å²) >= 11 is -0.0878. The number of nitrogens with zero attached hydrogens (tertiary/aromatic N) is 1. The molecule has 1 fully saturated rings. The summed E-state index contributed by atoms with van der Waals surface area (Å²) in [5.41, 5.74) is -3.30. The first-order chi connectivity index (χ1) is 9.80. The van der Waals surface area contributed by atoms with Crippen LogP contribution in [0.3, 0.4) is 0 Å². The molecule has 6 heteroatoms. The highest BCUT2D eigenvalue weighted by molar-refractivity contribution is 8.00. The number of aliphatic hydroxyl groups is 1. The van der Waals surface area contributed by atoms with Crippen molar-refractivity contribution in [1.82, 2.24) is 4.90 Å². The Morgan fingerprint density at radius 1 is 1.29 bits per heavy atom. The van der Waals surface area contributed by atoms with Gasteiger partial charge in [-0.1, -0.05) is 19.1 Å². The van der Waals surface area contributed by atoms with Crippen LogP contribution in [0.25, 0.3) is 0 Å². The lowest BCUT2D eigenvalue weighted by molar-refractivity contribution is -0.0328. The minimum atomic E-state index is -4.24. The van der Waals surface area contributed by atoms with Crippen LogP contribution >= 0.6 is 11.8 Å². The van der Waals surface area contributed by atoms with Gasteiger partial charge in [0.05, 0.1) is 0 Å². The second-order valence-corrected chi connectivity index (χ2v) is 7.11. The average Bonchev–Trinajstić information content (AvgIpc) is 2.40. The third-order valence-electron chi connectivity index (χ3n) is 3.80. The zero-order valence-corrected chi connectivity index (χ0v) is 12.8. The lowest BCUT2D eigenvalue weighted by Gasteiger charge is -2.39. The Kier molecular flexibility index (Phi) is 5.22. The molecule has 21 heavy (non-hydrogen) atoms. The number of aliphatic hydroxyl groups excluding tert-OH is 1. The van der Waals surface area contributed by atoms with Crippen molar-refractivity contribution in [2.24, 2.45) is 5.41 Å². The lowest BCUT2D eigenvalue weighted by Crippen LogP contribution is -2.43. The number of piperidine rings is 1. The molecule has 1 unspecified atom stereocenters. The van der Waals surface area contributed by atoms with E-state index >= 15 is 0 Å². The first-order valence-corrected chi connectivity index (χ1v) is 7.79. The second kappa shape index (κ2) is 6.58. The van der Waals surface area contributed by atoms with Crippen LogP contribution in [0.5, 0.6) is 0 Å². The molecule has 0 amide bonds. The topological polar surface area (TPSA) is 23.5 Å². The van der Waals surface area contributed by atoms with Gasteiger partial charge < -0.3 is 5.11 Å². The standard InChI is InChI=1S/C15H20F3NOS/c1-14(11-20)7-2-8-19(10-14)9-12-3-5-13(6-4-12)21-15(16,17)18/h3-6,20H,2,7-11H2,1H3. The molecule has 1 aromatic carbocycles. The molecule has 0 aromatic heterocycles. The molecule has 1 saturated heterocycles. The molecule has 1 aromatic rings. The molecule has 0 spiro atoms. The van der Waals surface area contributed by atoms with Crippen LogP contribution in [0.4, 0.5) is 13.2 Å². The molecule has 1 atom stereocenters. The molecule has 1 aliphatic rings. The second-order valence-electron chi connectivity index (χ2n) is 5.97. The zero-order chi connectivity index (χ0) is 15.5. The summed E-state index contributed by atoms with van der Waals surface area (Å²) in [7, 11) is 0. The molecule has 2 nitrogen and oxygen atoms in total. The Morgan fingerprint density at radius 3 is 2.52 bits per heavy atom. The molecule has 1 aliphatic heterocycles. The van der Waals surface area contributed by atoms with Crippen LogP contribution in [0.2, 0.25) is 0 Å². The molecule has 118 valence electrons. The first-order valence-electron chi connectivity index (χ1n) is 6.98. The maximum atomic E-state index is 12.3. The fourth-order valence-corrected chi connectivity index (χ4v) is 3.29. The quantitative estimate of drug-likeness (QED) is 0.852. The molecular formula is C15H20F3NOS. The predicted molar refractivity (Wildman–Crippen MR) is 78.1 cm³/mol. The van der Waals surface area contributed by atoms with Gasteiger partial charge in [0.1, 0.15) is 0 Å². The lowest BCUT2D eigenvalue weighted by atomic mass is 9.82. The van der Waals surface area contributed by atoms with Crippen LogP contribution in [-0.2, 0) is 6.54 Å². The highest BCUT2D eigenvalue weighted by atomic mass is 32.2. The van der Waals surface area contributed by atoms with E-state index in [1.807, 2.05) is 0 Å². The van der Waals surface area contributed by atoms with E-state index in [0.29, 0.717) is 6.54 Å². The number of halogens is 3. The van der Waals surface area contributed by atoms with E-state index in [4.69, 9.17) is 0 Å². The Bertz CT molecular complexity index is 463. The number of likely N-dealkylation sites (tertiary alicyclic amines) is 1. The van der Waals surface area contributed by atoms with Crippen LogP contribution in [0.15, 0.2) is 29.2 Å². The van der Waals surface area contributed by atoms with Crippen LogP contribution in [0.1, 0.15) is 25.3 Å². The van der Waals surface area contributed by atoms with E-state index in [0.717, 1.165) is 31.5 Å². The number of benzene rings is 1. The minimum absolute atomic E-state index is 0.0652. The Morgan fingerprint density at radius 2 is 1.95 bits per heavy atom. The van der Waals surface area contributed by atoms with Gasteiger partial charge in [-0.25, -0.2) is 0 Å². The van der Waals surface area contributed by atoms with E-state index in [1.54, 1.807) is 12.1 Å². The largest absolute Gasteiger partial charge is 0.446 e. The summed E-state index contributed by atoms with van der Waals surface area (Å²) in [4.78, 5) is 2.47. The normalized spacial score (nSPS) is 24.2. The first kappa shape index (κ1) is 16.6. The van der Waals surface area contributed by atoms with Gasteiger partial charge in [-0.15, -0.1) is 0 Å². The third-order valence-corrected chi connectivity index (χ3v) is 4.54. The number of hydrogen-bond acceptors (Lipinski definition) is 3. The number of rotatable bonds is 4. The summed E-state index contributed by atoms with van der Waals surface area (Å²) in [5.74, 6) is 0. The molecular weight excluding hydrogens is 299 g/mol. The molecule has 0 radical (unpaired) electrons. The third kappa shape index (κ3) is 5.20. The van der Waals surface area contributed by atoms with Crippen molar-refractivity contribution in [3.8, 4) is 0 Å². The Hall–Kier alpha value is -0.720. The molecule has 2 rings (SSSR count). The molecule has 0 bridgehead atoms. The van der Waals surface area contributed by atoms with Gasteiger partial charge in [0.15, 0.2) is 0 Å². The van der Waals surface area contributed by atoms with Gasteiger partial charge in [-0.3, -0.25) is 4.90 Å². The van der Waals surface area contributed by atoms with E-state index in [1.165, 1.54) is 12.1 Å². The predicted octanol–water partition coefficient (Wildman–Crippen LogP) is 3.89. The van der Waals surface area contributed by atoms with Gasteiger partial charge >= 0.3 is 5.51 Å². The van der Waals surface area contributed by atoms with Crippen molar-refractivity contribution >= 4 is 11.8 Å². The van der Waals surface area contributed by atoms with Crippen molar-refractivity contribution < 1.29 is 18.3 Å². The zero-order valence-electron chi connectivity index (χ0n) is 12.0. The van der Waals surface area contributed by atoms with Crippen LogP contribution < -0.4 is 0 Å². The monoisotopic (exact) mass is 319 g/mol. The highest BCUT2D eigenvalue weighted by Crippen LogP contribution is 2.37. The van der Waals surface area contributed by atoms with Crippen molar-refractivity contribution in [2.45, 2.75) is 36.7 Å². The summed E-state index contributed by atoms with van der Waals surface area (Å²) in [5, 5.41) is 9.44. The number of hydrogen-bond donors (Lipinski definition) is 1. The summed E-state index contributed by atoms with van der Waals surface area (Å²) in [6, 6.07) is 6.53. The van der Waals surface area contributed by atoms with Crippen molar-refractivity contribution in [2.75, 3.05) is 19.7 Å². The van der Waals surface area contributed by atoms with Crippen molar-refractivity contribution in [1.29, 1.82) is 0 Å². The van der Waals surface area contributed by atoms with E-state index in [9.17, 15) is 18.3 Å². The molecule has 1 N–H and O–H groups in total. The fraction of sp³-hybridized carbons (Fsp3) is 0.600. The minimum Gasteiger partial charge on any atom is -0.396 e. The maximum Gasteiger partial charge on any atom is 0.446 e. The summed E-state index contributed by atoms with van der Waals surface area (Å²) in [6.45, 7) is 4.75. The number of thioether (sulfide) groups is 1. The average molecular weight is 319 g/mol. The summed E-state index contributed by atoms with van der Waals surface area (Å²) in [6.07, 6.45) is 2.06. The van der Waals surface area contributed by atoms with Gasteiger partial charge in [0.25, 0.3) is 0 Å². The molecule has 0 aliphatic carbocycles. The molecule has 1 heterocycles.